The Morgan fingerprint density at radius 2 is 2.00 bits per heavy atom. The number of carbonyl (C=O) groups is 1. The second-order valence-electron chi connectivity index (χ2n) is 3.51. The van der Waals surface area contributed by atoms with Gasteiger partial charge < -0.3 is 15.2 Å². The molecule has 0 amide bonds. The van der Waals surface area contributed by atoms with Crippen molar-refractivity contribution in [2.24, 2.45) is 0 Å². The standard InChI is InChI=1S/C13H17NO3/c1-16-9-2-10-17-13(15)8-5-11-3-6-12(14)7-4-11/h3-8H,2,9-10,14H2,1H3/b8-5+. The summed E-state index contributed by atoms with van der Waals surface area (Å²) in [5.74, 6) is -0.349. The number of rotatable bonds is 6. The fourth-order valence-electron chi connectivity index (χ4n) is 1.20. The van der Waals surface area contributed by atoms with Crippen LogP contribution in [0.25, 0.3) is 6.08 Å². The van der Waals surface area contributed by atoms with Gasteiger partial charge in [0.1, 0.15) is 0 Å². The van der Waals surface area contributed by atoms with Crippen molar-refractivity contribution in [1.29, 1.82) is 0 Å². The molecule has 0 bridgehead atoms. The van der Waals surface area contributed by atoms with Crippen molar-refractivity contribution in [3.05, 3.63) is 35.9 Å². The van der Waals surface area contributed by atoms with E-state index in [9.17, 15) is 4.79 Å². The van der Waals surface area contributed by atoms with Gasteiger partial charge in [-0.25, -0.2) is 4.79 Å². The zero-order chi connectivity index (χ0) is 12.5. The summed E-state index contributed by atoms with van der Waals surface area (Å²) in [5, 5.41) is 0. The zero-order valence-corrected chi connectivity index (χ0v) is 9.89. The number of anilines is 1. The summed E-state index contributed by atoms with van der Waals surface area (Å²) in [7, 11) is 1.61. The third-order valence-electron chi connectivity index (χ3n) is 2.09. The Morgan fingerprint density at radius 3 is 2.65 bits per heavy atom. The third-order valence-corrected chi connectivity index (χ3v) is 2.09. The summed E-state index contributed by atoms with van der Waals surface area (Å²) >= 11 is 0. The normalized spacial score (nSPS) is 10.6. The molecule has 0 unspecified atom stereocenters. The molecular weight excluding hydrogens is 218 g/mol. The third kappa shape index (κ3) is 5.73. The van der Waals surface area contributed by atoms with Crippen LogP contribution in [0.2, 0.25) is 0 Å². The molecule has 4 heteroatoms. The molecule has 0 aromatic heterocycles. The van der Waals surface area contributed by atoms with Crippen molar-refractivity contribution >= 4 is 17.7 Å². The highest BCUT2D eigenvalue weighted by molar-refractivity contribution is 5.87. The Balaban J connectivity index is 2.32. The fourth-order valence-corrected chi connectivity index (χ4v) is 1.20. The topological polar surface area (TPSA) is 61.5 Å². The predicted octanol–water partition coefficient (Wildman–Crippen LogP) is 1.86. The van der Waals surface area contributed by atoms with Gasteiger partial charge in [-0.1, -0.05) is 12.1 Å². The maximum atomic E-state index is 11.3. The van der Waals surface area contributed by atoms with Crippen LogP contribution in [0.5, 0.6) is 0 Å². The zero-order valence-electron chi connectivity index (χ0n) is 9.89. The summed E-state index contributed by atoms with van der Waals surface area (Å²) in [4.78, 5) is 11.3. The maximum Gasteiger partial charge on any atom is 0.330 e. The van der Waals surface area contributed by atoms with Crippen LogP contribution in [-0.2, 0) is 14.3 Å². The summed E-state index contributed by atoms with van der Waals surface area (Å²) in [5.41, 5.74) is 7.16. The number of hydrogen-bond donors (Lipinski definition) is 1. The van der Waals surface area contributed by atoms with Crippen LogP contribution < -0.4 is 5.73 Å². The highest BCUT2D eigenvalue weighted by atomic mass is 16.5. The molecule has 0 saturated carbocycles. The van der Waals surface area contributed by atoms with E-state index in [0.29, 0.717) is 25.3 Å². The maximum absolute atomic E-state index is 11.3. The van der Waals surface area contributed by atoms with Crippen molar-refractivity contribution in [2.45, 2.75) is 6.42 Å². The number of esters is 1. The lowest BCUT2D eigenvalue weighted by Gasteiger charge is -2.00. The van der Waals surface area contributed by atoms with E-state index < -0.39 is 0 Å². The molecule has 0 atom stereocenters. The molecule has 0 aliphatic rings. The molecule has 0 fully saturated rings. The van der Waals surface area contributed by atoms with E-state index in [4.69, 9.17) is 15.2 Å². The molecule has 4 nitrogen and oxygen atoms in total. The van der Waals surface area contributed by atoms with Crippen LogP contribution in [0.1, 0.15) is 12.0 Å². The Kier molecular flexibility index (Phi) is 5.82. The molecule has 0 aliphatic carbocycles. The molecular formula is C13H17NO3. The van der Waals surface area contributed by atoms with E-state index in [1.165, 1.54) is 6.08 Å². The second-order valence-corrected chi connectivity index (χ2v) is 3.51. The summed E-state index contributed by atoms with van der Waals surface area (Å²) in [6, 6.07) is 7.24. The fraction of sp³-hybridized carbons (Fsp3) is 0.308. The van der Waals surface area contributed by atoms with Gasteiger partial charge in [-0.2, -0.15) is 0 Å². The van der Waals surface area contributed by atoms with Gasteiger partial charge in [0, 0.05) is 31.9 Å². The summed E-state index contributed by atoms with van der Waals surface area (Å²) in [6.45, 7) is 0.966. The van der Waals surface area contributed by atoms with Crippen LogP contribution in [0.3, 0.4) is 0 Å². The van der Waals surface area contributed by atoms with Gasteiger partial charge in [0.2, 0.25) is 0 Å². The molecule has 92 valence electrons. The average Bonchev–Trinajstić information content (AvgIpc) is 2.34. The van der Waals surface area contributed by atoms with Crippen molar-refractivity contribution in [1.82, 2.24) is 0 Å². The van der Waals surface area contributed by atoms with E-state index in [1.807, 2.05) is 12.1 Å². The minimum atomic E-state index is -0.349. The van der Waals surface area contributed by atoms with Crippen LogP contribution in [0.15, 0.2) is 30.3 Å². The molecule has 0 saturated heterocycles. The molecule has 0 aliphatic heterocycles. The Labute approximate surface area is 101 Å². The summed E-state index contributed by atoms with van der Waals surface area (Å²) < 4.78 is 9.80. The second kappa shape index (κ2) is 7.46. The first-order valence-electron chi connectivity index (χ1n) is 5.41. The van der Waals surface area contributed by atoms with E-state index in [0.717, 1.165) is 5.56 Å². The number of carbonyl (C=O) groups excluding carboxylic acids is 1. The van der Waals surface area contributed by atoms with Gasteiger partial charge in [-0.3, -0.25) is 0 Å². The van der Waals surface area contributed by atoms with E-state index in [2.05, 4.69) is 0 Å². The lowest BCUT2D eigenvalue weighted by Crippen LogP contribution is -2.04. The van der Waals surface area contributed by atoms with E-state index >= 15 is 0 Å². The number of hydrogen-bond acceptors (Lipinski definition) is 4. The van der Waals surface area contributed by atoms with Crippen LogP contribution in [0, 0.1) is 0 Å². The molecule has 17 heavy (non-hydrogen) atoms. The lowest BCUT2D eigenvalue weighted by atomic mass is 10.2. The molecule has 1 aromatic rings. The van der Waals surface area contributed by atoms with Gasteiger partial charge in [-0.05, 0) is 23.8 Å². The van der Waals surface area contributed by atoms with E-state index in [1.54, 1.807) is 25.3 Å². The van der Waals surface area contributed by atoms with Gasteiger partial charge in [-0.15, -0.1) is 0 Å². The Hall–Kier alpha value is -1.81. The lowest BCUT2D eigenvalue weighted by molar-refractivity contribution is -0.138. The molecule has 0 spiro atoms. The van der Waals surface area contributed by atoms with Crippen molar-refractivity contribution < 1.29 is 14.3 Å². The van der Waals surface area contributed by atoms with Gasteiger partial charge >= 0.3 is 5.97 Å². The number of nitrogens with two attached hydrogens (primary N) is 1. The monoisotopic (exact) mass is 235 g/mol. The molecule has 1 rings (SSSR count). The quantitative estimate of drug-likeness (QED) is 0.354. The SMILES string of the molecule is COCCCOC(=O)/C=C/c1ccc(N)cc1. The average molecular weight is 235 g/mol. The largest absolute Gasteiger partial charge is 0.462 e. The highest BCUT2D eigenvalue weighted by Gasteiger charge is 1.96. The Morgan fingerprint density at radius 1 is 1.29 bits per heavy atom. The number of ether oxygens (including phenoxy) is 2. The molecule has 0 heterocycles. The van der Waals surface area contributed by atoms with Crippen LogP contribution >= 0.6 is 0 Å². The van der Waals surface area contributed by atoms with Crippen LogP contribution in [-0.4, -0.2) is 26.3 Å². The van der Waals surface area contributed by atoms with Crippen molar-refractivity contribution in [2.75, 3.05) is 26.1 Å². The van der Waals surface area contributed by atoms with Gasteiger partial charge in [0.25, 0.3) is 0 Å². The van der Waals surface area contributed by atoms with Gasteiger partial charge in [0.15, 0.2) is 0 Å². The molecule has 0 radical (unpaired) electrons. The first-order valence-corrected chi connectivity index (χ1v) is 5.41. The van der Waals surface area contributed by atoms with E-state index in [-0.39, 0.29) is 5.97 Å². The van der Waals surface area contributed by atoms with Gasteiger partial charge in [0.05, 0.1) is 6.61 Å². The Bertz CT molecular complexity index is 371. The minimum Gasteiger partial charge on any atom is -0.462 e. The highest BCUT2D eigenvalue weighted by Crippen LogP contribution is 2.07. The van der Waals surface area contributed by atoms with Crippen molar-refractivity contribution in [3.63, 3.8) is 0 Å². The molecule has 1 aromatic carbocycles. The first-order chi connectivity index (χ1) is 8.22. The first kappa shape index (κ1) is 13.3. The number of benzene rings is 1. The molecule has 2 N–H and O–H groups in total. The number of nitrogen functional groups attached to an aromatic ring is 1. The minimum absolute atomic E-state index is 0.349. The smallest absolute Gasteiger partial charge is 0.330 e. The summed E-state index contributed by atoms with van der Waals surface area (Å²) in [6.07, 6.45) is 3.80. The number of methoxy groups -OCH3 is 1. The predicted molar refractivity (Wildman–Crippen MR) is 67.3 cm³/mol. The van der Waals surface area contributed by atoms with Crippen LogP contribution in [0.4, 0.5) is 5.69 Å². The van der Waals surface area contributed by atoms with Crippen molar-refractivity contribution in [3.8, 4) is 0 Å².